The molecule has 0 spiro atoms. The first-order valence-corrected chi connectivity index (χ1v) is 9.26. The van der Waals surface area contributed by atoms with Crippen molar-refractivity contribution in [2.75, 3.05) is 19.7 Å². The molecule has 2 amide bonds. The van der Waals surface area contributed by atoms with Gasteiger partial charge in [0, 0.05) is 26.6 Å². The van der Waals surface area contributed by atoms with Crippen molar-refractivity contribution in [3.05, 3.63) is 41.0 Å². The van der Waals surface area contributed by atoms with E-state index in [-0.39, 0.29) is 37.6 Å². The van der Waals surface area contributed by atoms with Gasteiger partial charge in [0.25, 0.3) is 0 Å². The Balaban J connectivity index is 2.02. The van der Waals surface area contributed by atoms with Gasteiger partial charge in [0.2, 0.25) is 5.91 Å². The van der Waals surface area contributed by atoms with Crippen LogP contribution in [0.25, 0.3) is 5.57 Å². The maximum Gasteiger partial charge on any atom is 0.408 e. The van der Waals surface area contributed by atoms with Crippen molar-refractivity contribution in [3.63, 3.8) is 0 Å². The predicted octanol–water partition coefficient (Wildman–Crippen LogP) is 1.43. The minimum atomic E-state index is -1.17. The molecule has 1 fully saturated rings. The van der Waals surface area contributed by atoms with E-state index in [1.54, 1.807) is 0 Å². The van der Waals surface area contributed by atoms with E-state index in [1.807, 2.05) is 24.3 Å². The van der Waals surface area contributed by atoms with E-state index in [0.29, 0.717) is 12.0 Å². The summed E-state index contributed by atoms with van der Waals surface area (Å²) in [6.45, 7) is 1.81. The highest BCUT2D eigenvalue weighted by Gasteiger charge is 2.47. The van der Waals surface area contributed by atoms with Crippen LogP contribution in [0.15, 0.2) is 29.8 Å². The van der Waals surface area contributed by atoms with E-state index in [9.17, 15) is 24.6 Å². The van der Waals surface area contributed by atoms with Crippen LogP contribution < -0.4 is 0 Å². The van der Waals surface area contributed by atoms with Crippen molar-refractivity contribution >= 4 is 23.5 Å². The number of aliphatic hydroxyl groups excluding tert-OH is 1. The largest absolute Gasteiger partial charge is 0.478 e. The van der Waals surface area contributed by atoms with E-state index in [2.05, 4.69) is 0 Å². The van der Waals surface area contributed by atoms with Gasteiger partial charge < -0.3 is 20.2 Å². The highest BCUT2D eigenvalue weighted by atomic mass is 16.4. The molecule has 28 heavy (non-hydrogen) atoms. The van der Waals surface area contributed by atoms with E-state index in [1.165, 1.54) is 16.7 Å². The van der Waals surface area contributed by atoms with E-state index in [4.69, 9.17) is 5.11 Å². The molecular weight excluding hydrogens is 364 g/mol. The van der Waals surface area contributed by atoms with Crippen molar-refractivity contribution in [2.45, 2.75) is 38.3 Å². The molecule has 0 aromatic heterocycles. The molecule has 1 aromatic carbocycles. The van der Waals surface area contributed by atoms with Crippen molar-refractivity contribution in [2.24, 2.45) is 0 Å². The van der Waals surface area contributed by atoms with Crippen molar-refractivity contribution in [1.82, 2.24) is 9.80 Å². The molecule has 3 rings (SSSR count). The third-order valence-electron chi connectivity index (χ3n) is 5.47. The molecule has 1 saturated heterocycles. The normalized spacial score (nSPS) is 21.6. The quantitative estimate of drug-likeness (QED) is 0.702. The topological polar surface area (TPSA) is 118 Å². The van der Waals surface area contributed by atoms with Gasteiger partial charge in [-0.2, -0.15) is 0 Å². The zero-order chi connectivity index (χ0) is 20.4. The Kier molecular flexibility index (Phi) is 5.69. The highest BCUT2D eigenvalue weighted by molar-refractivity contribution is 5.99. The van der Waals surface area contributed by atoms with Crippen LogP contribution in [0.1, 0.15) is 30.9 Å². The number of nitrogens with zero attached hydrogens (tertiary/aromatic N) is 2. The Labute approximate surface area is 162 Å². The number of amides is 2. The fourth-order valence-corrected chi connectivity index (χ4v) is 4.16. The number of aliphatic hydroxyl groups is 1. The molecule has 8 heteroatoms. The summed E-state index contributed by atoms with van der Waals surface area (Å²) in [4.78, 5) is 38.4. The third-order valence-corrected chi connectivity index (χ3v) is 5.47. The van der Waals surface area contributed by atoms with Crippen LogP contribution in [-0.2, 0) is 16.0 Å². The number of carbonyl (C=O) groups is 3. The van der Waals surface area contributed by atoms with Crippen LogP contribution in [0.2, 0.25) is 0 Å². The number of piperazine rings is 1. The Morgan fingerprint density at radius 2 is 1.79 bits per heavy atom. The fraction of sp³-hybridized carbons (Fsp3) is 0.450. The molecular formula is C20H24N2O6. The molecule has 2 aliphatic rings. The number of benzene rings is 1. The van der Waals surface area contributed by atoms with E-state index < -0.39 is 24.1 Å². The molecule has 2 atom stereocenters. The van der Waals surface area contributed by atoms with Crippen molar-refractivity contribution < 1.29 is 29.7 Å². The average Bonchev–Trinajstić information content (AvgIpc) is 2.64. The van der Waals surface area contributed by atoms with Crippen molar-refractivity contribution in [3.8, 4) is 0 Å². The summed E-state index contributed by atoms with van der Waals surface area (Å²) in [5, 5.41) is 28.4. The molecule has 0 radical (unpaired) electrons. The SMILES string of the molecule is CC(=O)N1C[C@H]2CC(c3ccc(CCCO)cc3)=C(C(=O)O)[C@@H](C1)N2C(=O)O. The molecule has 0 unspecified atom stereocenters. The number of hydrogen-bond donors (Lipinski definition) is 3. The number of aliphatic carboxylic acids is 1. The summed E-state index contributed by atoms with van der Waals surface area (Å²) in [5.74, 6) is -1.36. The summed E-state index contributed by atoms with van der Waals surface area (Å²) in [5.41, 5.74) is 2.45. The van der Waals surface area contributed by atoms with Gasteiger partial charge in [0.1, 0.15) is 0 Å². The van der Waals surface area contributed by atoms with Gasteiger partial charge >= 0.3 is 12.1 Å². The van der Waals surface area contributed by atoms with Crippen LogP contribution in [0.5, 0.6) is 0 Å². The summed E-state index contributed by atoms with van der Waals surface area (Å²) in [6.07, 6.45) is 0.452. The summed E-state index contributed by atoms with van der Waals surface area (Å²) in [6, 6.07) is 6.12. The zero-order valence-corrected chi connectivity index (χ0v) is 15.7. The number of carbonyl (C=O) groups excluding carboxylic acids is 1. The summed E-state index contributed by atoms with van der Waals surface area (Å²) < 4.78 is 0. The molecule has 150 valence electrons. The lowest BCUT2D eigenvalue weighted by Gasteiger charge is -2.49. The molecule has 8 nitrogen and oxygen atoms in total. The minimum absolute atomic E-state index is 0.0349. The van der Waals surface area contributed by atoms with Gasteiger partial charge in [0.15, 0.2) is 0 Å². The Hall–Kier alpha value is -2.87. The highest BCUT2D eigenvalue weighted by Crippen LogP contribution is 2.38. The second kappa shape index (κ2) is 8.02. The first-order chi connectivity index (χ1) is 13.3. The standard InChI is InChI=1S/C20H24N2O6/c1-12(24)21-10-15-9-16(14-6-4-13(5-7-14)3-2-8-23)18(19(25)26)17(11-21)22(15)20(27)28/h4-7,15,17,23H,2-3,8-11H2,1H3,(H,25,26)(H,27,28)/t15-,17-/m1/s1. The number of fused-ring (bicyclic) bond motifs is 2. The lowest BCUT2D eigenvalue weighted by Crippen LogP contribution is -2.64. The van der Waals surface area contributed by atoms with Gasteiger partial charge in [0.05, 0.1) is 17.7 Å². The second-order valence-corrected chi connectivity index (χ2v) is 7.21. The number of carboxylic acids is 1. The lowest BCUT2D eigenvalue weighted by molar-refractivity contribution is -0.137. The third kappa shape index (κ3) is 3.73. The van der Waals surface area contributed by atoms with Crippen LogP contribution in [0.4, 0.5) is 4.79 Å². The smallest absolute Gasteiger partial charge is 0.408 e. The number of aryl methyl sites for hydroxylation is 1. The lowest BCUT2D eigenvalue weighted by atomic mass is 9.82. The zero-order valence-electron chi connectivity index (χ0n) is 15.7. The minimum Gasteiger partial charge on any atom is -0.478 e. The second-order valence-electron chi connectivity index (χ2n) is 7.21. The van der Waals surface area contributed by atoms with Crippen LogP contribution >= 0.6 is 0 Å². The number of carboxylic acid groups (broad SMARTS) is 2. The molecule has 1 aromatic rings. The first-order valence-electron chi connectivity index (χ1n) is 9.26. The maximum absolute atomic E-state index is 12.1. The Bertz CT molecular complexity index is 816. The molecule has 2 heterocycles. The molecule has 2 bridgehead atoms. The van der Waals surface area contributed by atoms with Gasteiger partial charge in [-0.1, -0.05) is 24.3 Å². The Morgan fingerprint density at radius 1 is 1.11 bits per heavy atom. The van der Waals surface area contributed by atoms with Gasteiger partial charge in [-0.05, 0) is 36.0 Å². The number of rotatable bonds is 5. The van der Waals surface area contributed by atoms with Crippen LogP contribution in [0.3, 0.4) is 0 Å². The maximum atomic E-state index is 12.1. The number of hydrogen-bond acceptors (Lipinski definition) is 4. The molecule has 2 aliphatic heterocycles. The first kappa shape index (κ1) is 19.9. The monoisotopic (exact) mass is 388 g/mol. The van der Waals surface area contributed by atoms with Gasteiger partial charge in [-0.3, -0.25) is 9.69 Å². The fourth-order valence-electron chi connectivity index (χ4n) is 4.16. The van der Waals surface area contributed by atoms with Crippen LogP contribution in [0, 0.1) is 0 Å². The summed E-state index contributed by atoms with van der Waals surface area (Å²) >= 11 is 0. The van der Waals surface area contributed by atoms with Gasteiger partial charge in [-0.15, -0.1) is 0 Å². The average molecular weight is 388 g/mol. The molecule has 0 saturated carbocycles. The Morgan fingerprint density at radius 3 is 2.32 bits per heavy atom. The van der Waals surface area contributed by atoms with E-state index in [0.717, 1.165) is 17.5 Å². The van der Waals surface area contributed by atoms with E-state index >= 15 is 0 Å². The molecule has 0 aliphatic carbocycles. The van der Waals surface area contributed by atoms with Crippen LogP contribution in [-0.4, -0.2) is 74.9 Å². The van der Waals surface area contributed by atoms with Gasteiger partial charge in [-0.25, -0.2) is 9.59 Å². The summed E-state index contributed by atoms with van der Waals surface area (Å²) in [7, 11) is 0. The van der Waals surface area contributed by atoms with Crippen molar-refractivity contribution in [1.29, 1.82) is 0 Å². The molecule has 3 N–H and O–H groups in total. The predicted molar refractivity (Wildman–Crippen MR) is 101 cm³/mol.